The maximum absolute atomic E-state index is 4.19. The Bertz CT molecular complexity index is 300. The first kappa shape index (κ1) is 10.7. The van der Waals surface area contributed by atoms with Crippen LogP contribution in [0.5, 0.6) is 0 Å². The molecule has 15 heavy (non-hydrogen) atoms. The molecule has 1 aromatic heterocycles. The molecule has 0 amide bonds. The maximum atomic E-state index is 4.19. The van der Waals surface area contributed by atoms with Crippen molar-refractivity contribution in [3.05, 3.63) is 18.2 Å². The first-order valence-corrected chi connectivity index (χ1v) is 5.99. The molecule has 1 fully saturated rings. The number of rotatable bonds is 6. The van der Waals surface area contributed by atoms with Crippen molar-refractivity contribution in [1.29, 1.82) is 0 Å². The van der Waals surface area contributed by atoms with Crippen LogP contribution in [0.15, 0.2) is 12.5 Å². The molecule has 0 bridgehead atoms. The van der Waals surface area contributed by atoms with Crippen LogP contribution in [0, 0.1) is 5.92 Å². The smallest absolute Gasteiger partial charge is 0.0951 e. The summed E-state index contributed by atoms with van der Waals surface area (Å²) in [5.74, 6) is 1.02. The quantitative estimate of drug-likeness (QED) is 0.726. The van der Waals surface area contributed by atoms with Crippen molar-refractivity contribution in [2.75, 3.05) is 6.54 Å². The molecule has 3 nitrogen and oxygen atoms in total. The Hall–Kier alpha value is -0.830. The second-order valence-electron chi connectivity index (χ2n) is 4.79. The summed E-state index contributed by atoms with van der Waals surface area (Å²) in [7, 11) is 0. The average Bonchev–Trinajstić information content (AvgIpc) is 2.90. The fourth-order valence-electron chi connectivity index (χ4n) is 1.86. The number of hydrogen-bond acceptors (Lipinski definition) is 2. The highest BCUT2D eigenvalue weighted by molar-refractivity contribution is 4.99. The van der Waals surface area contributed by atoms with E-state index >= 15 is 0 Å². The summed E-state index contributed by atoms with van der Waals surface area (Å²) in [6.45, 7) is 6.48. The standard InChI is InChI=1S/C12H21N3/c1-10(2)15-9-14-8-12(15)7-13-6-5-11-3-4-11/h8-11,13H,3-7H2,1-2H3. The van der Waals surface area contributed by atoms with Crippen molar-refractivity contribution in [3.8, 4) is 0 Å². The minimum Gasteiger partial charge on any atom is -0.331 e. The number of aromatic nitrogens is 2. The van der Waals surface area contributed by atoms with Gasteiger partial charge in [0.25, 0.3) is 0 Å². The van der Waals surface area contributed by atoms with E-state index in [0.717, 1.165) is 19.0 Å². The summed E-state index contributed by atoms with van der Waals surface area (Å²) in [5, 5.41) is 3.49. The zero-order valence-electron chi connectivity index (χ0n) is 9.74. The zero-order valence-corrected chi connectivity index (χ0v) is 9.74. The Labute approximate surface area is 91.9 Å². The van der Waals surface area contributed by atoms with E-state index in [1.165, 1.54) is 25.0 Å². The zero-order chi connectivity index (χ0) is 10.7. The fraction of sp³-hybridized carbons (Fsp3) is 0.750. The van der Waals surface area contributed by atoms with Gasteiger partial charge in [0.2, 0.25) is 0 Å². The molecule has 1 N–H and O–H groups in total. The number of hydrogen-bond donors (Lipinski definition) is 1. The van der Waals surface area contributed by atoms with E-state index in [1.807, 2.05) is 12.5 Å². The summed E-state index contributed by atoms with van der Waals surface area (Å²) in [6.07, 6.45) is 8.12. The van der Waals surface area contributed by atoms with E-state index in [0.29, 0.717) is 6.04 Å². The van der Waals surface area contributed by atoms with Gasteiger partial charge in [-0.2, -0.15) is 0 Å². The third-order valence-electron chi connectivity index (χ3n) is 3.04. The molecule has 3 heteroatoms. The summed E-state index contributed by atoms with van der Waals surface area (Å²) < 4.78 is 2.23. The first-order chi connectivity index (χ1) is 7.27. The highest BCUT2D eigenvalue weighted by Gasteiger charge is 2.19. The minimum atomic E-state index is 0.507. The predicted octanol–water partition coefficient (Wildman–Crippen LogP) is 2.35. The monoisotopic (exact) mass is 207 g/mol. The van der Waals surface area contributed by atoms with Gasteiger partial charge < -0.3 is 9.88 Å². The lowest BCUT2D eigenvalue weighted by atomic mass is 10.3. The van der Waals surface area contributed by atoms with Gasteiger partial charge in [0.15, 0.2) is 0 Å². The lowest BCUT2D eigenvalue weighted by Gasteiger charge is -2.12. The molecule has 2 rings (SSSR count). The molecule has 0 spiro atoms. The van der Waals surface area contributed by atoms with Gasteiger partial charge in [0.05, 0.1) is 12.0 Å². The Morgan fingerprint density at radius 2 is 2.33 bits per heavy atom. The average molecular weight is 207 g/mol. The summed E-state index contributed by atoms with van der Waals surface area (Å²) in [5.41, 5.74) is 1.29. The van der Waals surface area contributed by atoms with Gasteiger partial charge in [0, 0.05) is 18.8 Å². The molecule has 0 unspecified atom stereocenters. The van der Waals surface area contributed by atoms with Gasteiger partial charge >= 0.3 is 0 Å². The van der Waals surface area contributed by atoms with Crippen molar-refractivity contribution in [3.63, 3.8) is 0 Å². The van der Waals surface area contributed by atoms with Crippen LogP contribution >= 0.6 is 0 Å². The molecular formula is C12H21N3. The van der Waals surface area contributed by atoms with E-state index in [4.69, 9.17) is 0 Å². The molecule has 0 aliphatic heterocycles. The Balaban J connectivity index is 1.73. The number of imidazole rings is 1. The van der Waals surface area contributed by atoms with Crippen molar-refractivity contribution in [2.45, 2.75) is 45.7 Å². The van der Waals surface area contributed by atoms with Crippen LogP contribution < -0.4 is 5.32 Å². The molecule has 0 radical (unpaired) electrons. The first-order valence-electron chi connectivity index (χ1n) is 5.99. The molecule has 0 atom stereocenters. The third-order valence-corrected chi connectivity index (χ3v) is 3.04. The highest BCUT2D eigenvalue weighted by Crippen LogP contribution is 2.31. The van der Waals surface area contributed by atoms with Crippen LogP contribution in [-0.4, -0.2) is 16.1 Å². The Morgan fingerprint density at radius 3 is 3.00 bits per heavy atom. The van der Waals surface area contributed by atoms with Crippen LogP contribution in [0.2, 0.25) is 0 Å². The second-order valence-corrected chi connectivity index (χ2v) is 4.79. The second kappa shape index (κ2) is 4.79. The molecule has 0 aromatic carbocycles. The Morgan fingerprint density at radius 1 is 1.53 bits per heavy atom. The van der Waals surface area contributed by atoms with Crippen LogP contribution in [0.4, 0.5) is 0 Å². The molecular weight excluding hydrogens is 186 g/mol. The van der Waals surface area contributed by atoms with Crippen LogP contribution in [-0.2, 0) is 6.54 Å². The highest BCUT2D eigenvalue weighted by atomic mass is 15.1. The van der Waals surface area contributed by atoms with Crippen molar-refractivity contribution >= 4 is 0 Å². The predicted molar refractivity (Wildman–Crippen MR) is 61.7 cm³/mol. The largest absolute Gasteiger partial charge is 0.331 e. The van der Waals surface area contributed by atoms with E-state index in [9.17, 15) is 0 Å². The molecule has 84 valence electrons. The molecule has 1 aliphatic carbocycles. The molecule has 1 saturated carbocycles. The van der Waals surface area contributed by atoms with Gasteiger partial charge in [-0.1, -0.05) is 12.8 Å². The Kier molecular flexibility index (Phi) is 3.41. The topological polar surface area (TPSA) is 29.9 Å². The molecule has 1 aliphatic rings. The van der Waals surface area contributed by atoms with Gasteiger partial charge in [0.1, 0.15) is 0 Å². The van der Waals surface area contributed by atoms with Gasteiger partial charge in [-0.3, -0.25) is 0 Å². The third kappa shape index (κ3) is 3.06. The van der Waals surface area contributed by atoms with Gasteiger partial charge in [-0.05, 0) is 32.7 Å². The van der Waals surface area contributed by atoms with E-state index in [2.05, 4.69) is 28.7 Å². The van der Waals surface area contributed by atoms with Crippen LogP contribution in [0.25, 0.3) is 0 Å². The van der Waals surface area contributed by atoms with E-state index in [1.54, 1.807) is 0 Å². The van der Waals surface area contributed by atoms with Crippen molar-refractivity contribution in [2.24, 2.45) is 5.92 Å². The summed E-state index contributed by atoms with van der Waals surface area (Å²) >= 11 is 0. The minimum absolute atomic E-state index is 0.507. The van der Waals surface area contributed by atoms with E-state index in [-0.39, 0.29) is 0 Å². The SMILES string of the molecule is CC(C)n1cncc1CNCCC1CC1. The molecule has 1 aromatic rings. The number of nitrogens with zero attached hydrogens (tertiary/aromatic N) is 2. The van der Waals surface area contributed by atoms with Crippen molar-refractivity contribution < 1.29 is 0 Å². The van der Waals surface area contributed by atoms with Gasteiger partial charge in [-0.25, -0.2) is 4.98 Å². The molecule has 0 saturated heterocycles. The van der Waals surface area contributed by atoms with Crippen LogP contribution in [0.1, 0.15) is 44.8 Å². The maximum Gasteiger partial charge on any atom is 0.0951 e. The normalized spacial score (nSPS) is 16.2. The fourth-order valence-corrected chi connectivity index (χ4v) is 1.86. The lowest BCUT2D eigenvalue weighted by Crippen LogP contribution is -2.18. The summed E-state index contributed by atoms with van der Waals surface area (Å²) in [6, 6.07) is 0.507. The van der Waals surface area contributed by atoms with Crippen molar-refractivity contribution in [1.82, 2.24) is 14.9 Å². The van der Waals surface area contributed by atoms with Gasteiger partial charge in [-0.15, -0.1) is 0 Å². The van der Waals surface area contributed by atoms with Crippen LogP contribution in [0.3, 0.4) is 0 Å². The summed E-state index contributed by atoms with van der Waals surface area (Å²) in [4.78, 5) is 4.19. The van der Waals surface area contributed by atoms with E-state index < -0.39 is 0 Å². The number of nitrogens with one attached hydrogen (secondary N) is 1. The lowest BCUT2D eigenvalue weighted by molar-refractivity contribution is 0.540. The molecule has 1 heterocycles.